The molecule has 0 saturated carbocycles. The van der Waals surface area contributed by atoms with E-state index in [0.29, 0.717) is 10.8 Å². The van der Waals surface area contributed by atoms with Crippen molar-refractivity contribution in [2.75, 3.05) is 20.6 Å². The first-order valence-electron chi connectivity index (χ1n) is 6.17. The van der Waals surface area contributed by atoms with Gasteiger partial charge < -0.3 is 4.90 Å². The summed E-state index contributed by atoms with van der Waals surface area (Å²) < 4.78 is 0. The van der Waals surface area contributed by atoms with Crippen LogP contribution in [0.2, 0.25) is 0 Å². The van der Waals surface area contributed by atoms with Gasteiger partial charge in [-0.2, -0.15) is 0 Å². The molecule has 0 aliphatic rings. The molecule has 0 radical (unpaired) electrons. The standard InChI is InChI=1S/C14H31N/c1-12(10-15(7)8)9-14(5,6)11-13(2,3)4/h12H,9-11H2,1-8H3. The zero-order chi connectivity index (χ0) is 12.3. The van der Waals surface area contributed by atoms with E-state index < -0.39 is 0 Å². The van der Waals surface area contributed by atoms with E-state index >= 15 is 0 Å². The average Bonchev–Trinajstić information content (AvgIpc) is 1.73. The fourth-order valence-corrected chi connectivity index (χ4v) is 3.14. The first-order valence-corrected chi connectivity index (χ1v) is 6.17. The van der Waals surface area contributed by atoms with Gasteiger partial charge in [-0.3, -0.25) is 0 Å². The summed E-state index contributed by atoms with van der Waals surface area (Å²) in [4.78, 5) is 2.29. The Morgan fingerprint density at radius 1 is 1.00 bits per heavy atom. The molecule has 0 aromatic heterocycles. The predicted octanol–water partition coefficient (Wildman–Crippen LogP) is 4.04. The quantitative estimate of drug-likeness (QED) is 0.666. The van der Waals surface area contributed by atoms with E-state index in [2.05, 4.69) is 60.5 Å². The van der Waals surface area contributed by atoms with E-state index in [1.165, 1.54) is 19.4 Å². The second-order valence-corrected chi connectivity index (χ2v) is 7.47. The molecule has 0 fully saturated rings. The third-order valence-electron chi connectivity index (χ3n) is 2.59. The summed E-state index contributed by atoms with van der Waals surface area (Å²) in [6, 6.07) is 0. The molecule has 1 atom stereocenters. The lowest BCUT2D eigenvalue weighted by molar-refractivity contribution is 0.162. The summed E-state index contributed by atoms with van der Waals surface area (Å²) in [5, 5.41) is 0. The molecule has 0 spiro atoms. The highest BCUT2D eigenvalue weighted by Crippen LogP contribution is 2.37. The Morgan fingerprint density at radius 3 is 1.80 bits per heavy atom. The van der Waals surface area contributed by atoms with Crippen LogP contribution in [0, 0.1) is 16.7 Å². The third kappa shape index (κ3) is 8.92. The molecule has 1 unspecified atom stereocenters. The Morgan fingerprint density at radius 2 is 1.47 bits per heavy atom. The van der Waals surface area contributed by atoms with Crippen molar-refractivity contribution in [2.24, 2.45) is 16.7 Å². The second-order valence-electron chi connectivity index (χ2n) is 7.47. The van der Waals surface area contributed by atoms with Crippen LogP contribution in [0.1, 0.15) is 54.4 Å². The van der Waals surface area contributed by atoms with Gasteiger partial charge in [0.25, 0.3) is 0 Å². The SMILES string of the molecule is CC(CN(C)C)CC(C)(C)CC(C)(C)C. The molecule has 0 heterocycles. The lowest BCUT2D eigenvalue weighted by Crippen LogP contribution is -2.27. The highest BCUT2D eigenvalue weighted by Gasteiger charge is 2.27. The summed E-state index contributed by atoms with van der Waals surface area (Å²) in [5.74, 6) is 0.789. The van der Waals surface area contributed by atoms with Crippen LogP contribution >= 0.6 is 0 Å². The zero-order valence-electron chi connectivity index (χ0n) is 12.1. The molecule has 0 aliphatic carbocycles. The molecule has 1 nitrogen and oxygen atoms in total. The topological polar surface area (TPSA) is 3.24 Å². The highest BCUT2D eigenvalue weighted by atomic mass is 15.1. The van der Waals surface area contributed by atoms with Crippen LogP contribution in [0.25, 0.3) is 0 Å². The minimum atomic E-state index is 0.446. The summed E-state index contributed by atoms with van der Waals surface area (Å²) in [6.45, 7) is 15.4. The Bertz CT molecular complexity index is 174. The normalized spacial score (nSPS) is 15.8. The van der Waals surface area contributed by atoms with Gasteiger partial charge in [0, 0.05) is 6.54 Å². The monoisotopic (exact) mass is 213 g/mol. The molecule has 15 heavy (non-hydrogen) atoms. The maximum atomic E-state index is 2.41. The maximum absolute atomic E-state index is 2.41. The molecule has 1 heteroatoms. The van der Waals surface area contributed by atoms with Crippen molar-refractivity contribution in [3.8, 4) is 0 Å². The lowest BCUT2D eigenvalue weighted by Gasteiger charge is -2.35. The molecule has 0 amide bonds. The van der Waals surface area contributed by atoms with Gasteiger partial charge in [0.15, 0.2) is 0 Å². The van der Waals surface area contributed by atoms with Crippen LogP contribution in [0.3, 0.4) is 0 Å². The third-order valence-corrected chi connectivity index (χ3v) is 2.59. The first-order chi connectivity index (χ1) is 6.52. The molecular weight excluding hydrogens is 182 g/mol. The van der Waals surface area contributed by atoms with Crippen LogP contribution in [-0.2, 0) is 0 Å². The van der Waals surface area contributed by atoms with E-state index in [-0.39, 0.29) is 0 Å². The zero-order valence-corrected chi connectivity index (χ0v) is 12.1. The van der Waals surface area contributed by atoms with E-state index in [1.807, 2.05) is 0 Å². The van der Waals surface area contributed by atoms with E-state index in [9.17, 15) is 0 Å². The summed E-state index contributed by atoms with van der Waals surface area (Å²) >= 11 is 0. The maximum Gasteiger partial charge on any atom is 0.000112 e. The highest BCUT2D eigenvalue weighted by molar-refractivity contribution is 4.78. The Labute approximate surface area is 97.2 Å². The van der Waals surface area contributed by atoms with Gasteiger partial charge in [0.1, 0.15) is 0 Å². The van der Waals surface area contributed by atoms with Crippen molar-refractivity contribution in [3.63, 3.8) is 0 Å². The summed E-state index contributed by atoms with van der Waals surface area (Å²) in [5.41, 5.74) is 0.912. The van der Waals surface area contributed by atoms with Crippen molar-refractivity contribution in [2.45, 2.75) is 54.4 Å². The van der Waals surface area contributed by atoms with Crippen LogP contribution in [-0.4, -0.2) is 25.5 Å². The molecule has 0 bridgehead atoms. The minimum Gasteiger partial charge on any atom is -0.309 e. The van der Waals surface area contributed by atoms with Gasteiger partial charge in [0.2, 0.25) is 0 Å². The lowest BCUT2D eigenvalue weighted by atomic mass is 9.72. The number of nitrogens with zero attached hydrogens (tertiary/aromatic N) is 1. The fourth-order valence-electron chi connectivity index (χ4n) is 3.14. The Kier molecular flexibility index (Phi) is 5.32. The molecule has 0 N–H and O–H groups in total. The van der Waals surface area contributed by atoms with Crippen molar-refractivity contribution in [1.82, 2.24) is 4.90 Å². The Hall–Kier alpha value is -0.0400. The predicted molar refractivity (Wildman–Crippen MR) is 70.2 cm³/mol. The van der Waals surface area contributed by atoms with Gasteiger partial charge >= 0.3 is 0 Å². The van der Waals surface area contributed by atoms with E-state index in [1.54, 1.807) is 0 Å². The number of rotatable bonds is 5. The summed E-state index contributed by atoms with van der Waals surface area (Å²) in [6.07, 6.45) is 2.63. The molecule has 0 aromatic rings. The van der Waals surface area contributed by atoms with E-state index in [4.69, 9.17) is 0 Å². The minimum absolute atomic E-state index is 0.446. The fraction of sp³-hybridized carbons (Fsp3) is 1.00. The van der Waals surface area contributed by atoms with Crippen LogP contribution < -0.4 is 0 Å². The largest absolute Gasteiger partial charge is 0.309 e. The summed E-state index contributed by atoms with van der Waals surface area (Å²) in [7, 11) is 4.32. The van der Waals surface area contributed by atoms with Crippen LogP contribution in [0.15, 0.2) is 0 Å². The van der Waals surface area contributed by atoms with Gasteiger partial charge in [-0.05, 0) is 43.7 Å². The van der Waals surface area contributed by atoms with Crippen molar-refractivity contribution in [3.05, 3.63) is 0 Å². The van der Waals surface area contributed by atoms with Crippen molar-refractivity contribution < 1.29 is 0 Å². The van der Waals surface area contributed by atoms with Crippen molar-refractivity contribution >= 4 is 0 Å². The molecular formula is C14H31N. The molecule has 0 aliphatic heterocycles. The molecule has 0 rings (SSSR count). The average molecular weight is 213 g/mol. The van der Waals surface area contributed by atoms with Gasteiger partial charge in [-0.1, -0.05) is 41.5 Å². The smallest absolute Gasteiger partial charge is 0.000112 e. The number of hydrogen-bond donors (Lipinski definition) is 0. The Balaban J connectivity index is 4.13. The second kappa shape index (κ2) is 5.34. The van der Waals surface area contributed by atoms with Crippen LogP contribution in [0.5, 0.6) is 0 Å². The van der Waals surface area contributed by atoms with Gasteiger partial charge in [-0.25, -0.2) is 0 Å². The van der Waals surface area contributed by atoms with E-state index in [0.717, 1.165) is 5.92 Å². The van der Waals surface area contributed by atoms with Crippen molar-refractivity contribution in [1.29, 1.82) is 0 Å². The first kappa shape index (κ1) is 15.0. The van der Waals surface area contributed by atoms with Gasteiger partial charge in [-0.15, -0.1) is 0 Å². The van der Waals surface area contributed by atoms with Gasteiger partial charge in [0.05, 0.1) is 0 Å². The molecule has 92 valence electrons. The number of hydrogen-bond acceptors (Lipinski definition) is 1. The molecule has 0 saturated heterocycles. The molecule has 0 aromatic carbocycles. The van der Waals surface area contributed by atoms with Crippen LogP contribution in [0.4, 0.5) is 0 Å².